The number of carbonyl (C=O) groups is 1. The first-order valence-corrected chi connectivity index (χ1v) is 12.0. The molecule has 174 valence electrons. The third kappa shape index (κ3) is 4.74. The lowest BCUT2D eigenvalue weighted by Gasteiger charge is -2.14. The van der Waals surface area contributed by atoms with Crippen LogP contribution in [-0.2, 0) is 31.3 Å². The van der Waals surface area contributed by atoms with Crippen molar-refractivity contribution in [1.29, 1.82) is 0 Å². The Morgan fingerprint density at radius 2 is 1.81 bits per heavy atom. The minimum atomic E-state index is -4.57. The highest BCUT2D eigenvalue weighted by molar-refractivity contribution is 7.93. The van der Waals surface area contributed by atoms with Crippen LogP contribution in [0.5, 0.6) is 11.8 Å². The Hall–Kier alpha value is -3.01. The zero-order chi connectivity index (χ0) is 23.5. The van der Waals surface area contributed by atoms with Gasteiger partial charge in [0.05, 0.1) is 26.9 Å². The van der Waals surface area contributed by atoms with E-state index in [2.05, 4.69) is 15.3 Å². The number of amides is 2. The van der Waals surface area contributed by atoms with Crippen molar-refractivity contribution >= 4 is 32.0 Å². The molecule has 3 rings (SSSR count). The predicted octanol–water partition coefficient (Wildman–Crippen LogP) is 0.155. The van der Waals surface area contributed by atoms with Crippen LogP contribution in [0.3, 0.4) is 0 Å². The number of hydrogen-bond donors (Lipinski definition) is 2. The highest BCUT2D eigenvalue weighted by Gasteiger charge is 2.40. The second-order valence-electron chi connectivity index (χ2n) is 6.41. The number of urea groups is 1. The van der Waals surface area contributed by atoms with E-state index in [4.69, 9.17) is 14.2 Å². The molecule has 1 aromatic heterocycles. The molecule has 2 amide bonds. The number of hydrogen-bond acceptors (Lipinski definition) is 10. The Morgan fingerprint density at radius 1 is 1.16 bits per heavy atom. The van der Waals surface area contributed by atoms with Crippen LogP contribution in [0, 0.1) is 0 Å². The average molecular weight is 488 g/mol. The van der Waals surface area contributed by atoms with Crippen LogP contribution in [0.25, 0.3) is 0 Å². The first kappa shape index (κ1) is 23.6. The van der Waals surface area contributed by atoms with Crippen LogP contribution in [0.4, 0.5) is 10.7 Å². The second-order valence-corrected chi connectivity index (χ2v) is 9.94. The number of benzene rings is 1. The first-order valence-electron chi connectivity index (χ1n) is 9.04. The fourth-order valence-electron chi connectivity index (χ4n) is 2.96. The van der Waals surface area contributed by atoms with Gasteiger partial charge in [-0.3, -0.25) is 5.32 Å². The molecule has 0 unspecified atom stereocenters. The minimum Gasteiger partial charge on any atom is -0.481 e. The number of aromatic nitrogens is 2. The summed E-state index contributed by atoms with van der Waals surface area (Å²) in [5, 5.41) is 2.15. The third-order valence-corrected chi connectivity index (χ3v) is 7.88. The number of ether oxygens (including phenoxy) is 3. The summed E-state index contributed by atoms with van der Waals surface area (Å²) in [6.45, 7) is 0.184. The number of nitrogens with zero attached hydrogens (tertiary/aromatic N) is 3. The second kappa shape index (κ2) is 9.23. The molecule has 0 fully saturated rings. The van der Waals surface area contributed by atoms with Crippen molar-refractivity contribution in [3.05, 3.63) is 29.8 Å². The molecule has 0 aliphatic carbocycles. The number of sulfonamides is 2. The summed E-state index contributed by atoms with van der Waals surface area (Å²) >= 11 is 0. The number of carbonyl (C=O) groups excluding carboxylic acids is 1. The van der Waals surface area contributed by atoms with Crippen molar-refractivity contribution in [2.45, 2.75) is 16.3 Å². The van der Waals surface area contributed by atoms with Gasteiger partial charge in [0.25, 0.3) is 10.0 Å². The molecule has 0 spiro atoms. The van der Waals surface area contributed by atoms with Gasteiger partial charge < -0.3 is 14.2 Å². The van der Waals surface area contributed by atoms with Crippen LogP contribution in [-0.4, -0.2) is 71.6 Å². The molecule has 0 atom stereocenters. The summed E-state index contributed by atoms with van der Waals surface area (Å²) in [4.78, 5) is 19.1. The summed E-state index contributed by atoms with van der Waals surface area (Å²) in [6, 6.07) is 4.17. The molecule has 0 radical (unpaired) electrons. The number of nitrogens with one attached hydrogen (secondary N) is 2. The lowest BCUT2D eigenvalue weighted by atomic mass is 10.2. The van der Waals surface area contributed by atoms with Gasteiger partial charge in [-0.05, 0) is 11.6 Å². The largest absolute Gasteiger partial charge is 0.481 e. The van der Waals surface area contributed by atoms with E-state index in [1.54, 1.807) is 4.72 Å². The minimum absolute atomic E-state index is 0.00592. The van der Waals surface area contributed by atoms with Gasteiger partial charge in [-0.15, -0.1) is 0 Å². The lowest BCUT2D eigenvalue weighted by Crippen LogP contribution is -2.36. The van der Waals surface area contributed by atoms with Gasteiger partial charge in [0, 0.05) is 20.2 Å². The number of rotatable bonds is 8. The van der Waals surface area contributed by atoms with E-state index < -0.39 is 31.0 Å². The molecule has 1 aliphatic rings. The Bertz CT molecular complexity index is 1210. The third-order valence-electron chi connectivity index (χ3n) is 4.39. The van der Waals surface area contributed by atoms with Crippen molar-refractivity contribution in [3.8, 4) is 11.8 Å². The van der Waals surface area contributed by atoms with Crippen LogP contribution < -0.4 is 19.5 Å². The van der Waals surface area contributed by atoms with Crippen LogP contribution in [0.15, 0.2) is 34.1 Å². The molecule has 15 heteroatoms. The van der Waals surface area contributed by atoms with E-state index in [1.165, 1.54) is 39.5 Å². The van der Waals surface area contributed by atoms with Crippen LogP contribution in [0.2, 0.25) is 0 Å². The number of anilines is 1. The fraction of sp³-hybridized carbons (Fsp3) is 0.353. The summed E-state index contributed by atoms with van der Waals surface area (Å²) in [5.41, 5.74) is 0.297. The Kier molecular flexibility index (Phi) is 6.82. The zero-order valence-electron chi connectivity index (χ0n) is 17.4. The average Bonchev–Trinajstić information content (AvgIpc) is 3.01. The molecule has 13 nitrogen and oxygen atoms in total. The highest BCUT2D eigenvalue weighted by Crippen LogP contribution is 2.35. The van der Waals surface area contributed by atoms with Crippen molar-refractivity contribution in [2.24, 2.45) is 0 Å². The Labute approximate surface area is 184 Å². The SMILES string of the molecule is COCCN1Cc2cccc(S(=O)(=O)NC(=O)Nc3nc(OC)cc(OC)n3)c2S1(=O)=O. The molecule has 0 bridgehead atoms. The zero-order valence-corrected chi connectivity index (χ0v) is 19.0. The van der Waals surface area contributed by atoms with E-state index in [0.29, 0.717) is 5.56 Å². The Morgan fingerprint density at radius 3 is 2.41 bits per heavy atom. The van der Waals surface area contributed by atoms with Crippen molar-refractivity contribution in [1.82, 2.24) is 19.0 Å². The number of methoxy groups -OCH3 is 3. The molecular formula is C17H21N5O8S2. The lowest BCUT2D eigenvalue weighted by molar-refractivity contribution is 0.179. The summed E-state index contributed by atoms with van der Waals surface area (Å²) in [5.74, 6) is -0.151. The van der Waals surface area contributed by atoms with E-state index in [9.17, 15) is 21.6 Å². The highest BCUT2D eigenvalue weighted by atomic mass is 32.2. The fourth-order valence-corrected chi connectivity index (χ4v) is 6.31. The van der Waals surface area contributed by atoms with Crippen molar-refractivity contribution < 1.29 is 35.8 Å². The van der Waals surface area contributed by atoms with Gasteiger partial charge >= 0.3 is 6.03 Å². The van der Waals surface area contributed by atoms with E-state index in [-0.39, 0.29) is 42.3 Å². The maximum atomic E-state index is 12.9. The molecule has 1 aliphatic heterocycles. The Balaban J connectivity index is 1.87. The van der Waals surface area contributed by atoms with E-state index in [1.807, 2.05) is 0 Å². The quantitative estimate of drug-likeness (QED) is 0.523. The molecule has 1 aromatic carbocycles. The van der Waals surface area contributed by atoms with Gasteiger partial charge in [-0.25, -0.2) is 26.4 Å². The topological polar surface area (TPSA) is 166 Å². The number of fused-ring (bicyclic) bond motifs is 1. The molecule has 0 saturated carbocycles. The van der Waals surface area contributed by atoms with Crippen molar-refractivity contribution in [2.75, 3.05) is 39.8 Å². The first-order chi connectivity index (χ1) is 15.1. The van der Waals surface area contributed by atoms with E-state index >= 15 is 0 Å². The van der Waals surface area contributed by atoms with Gasteiger partial charge in [-0.1, -0.05) is 12.1 Å². The van der Waals surface area contributed by atoms with Crippen molar-refractivity contribution in [3.63, 3.8) is 0 Å². The van der Waals surface area contributed by atoms with E-state index in [0.717, 1.165) is 10.4 Å². The van der Waals surface area contributed by atoms with Gasteiger partial charge in [0.15, 0.2) is 0 Å². The molecule has 32 heavy (non-hydrogen) atoms. The smallest absolute Gasteiger partial charge is 0.335 e. The standard InChI is InChI=1S/C17H21N5O8S2/c1-28-8-7-22-10-11-5-4-6-12(15(11)32(22,26)27)31(24,25)21-17(23)20-16-18-13(29-2)9-14(19-16)30-3/h4-6,9H,7-8,10H2,1-3H3,(H2,18,19,20,21,23). The summed E-state index contributed by atoms with van der Waals surface area (Å²) in [6.07, 6.45) is 0. The molecule has 2 aromatic rings. The maximum absolute atomic E-state index is 12.9. The van der Waals surface area contributed by atoms with Gasteiger partial charge in [-0.2, -0.15) is 14.3 Å². The van der Waals surface area contributed by atoms with Crippen LogP contribution in [0.1, 0.15) is 5.56 Å². The monoisotopic (exact) mass is 487 g/mol. The normalized spacial score (nSPS) is 15.1. The summed E-state index contributed by atoms with van der Waals surface area (Å²) < 4.78 is 69.3. The van der Waals surface area contributed by atoms with Crippen LogP contribution >= 0.6 is 0 Å². The molecular weight excluding hydrogens is 466 g/mol. The molecule has 2 N–H and O–H groups in total. The maximum Gasteiger partial charge on any atom is 0.335 e. The molecule has 0 saturated heterocycles. The van der Waals surface area contributed by atoms with Gasteiger partial charge in [0.2, 0.25) is 27.7 Å². The van der Waals surface area contributed by atoms with Gasteiger partial charge in [0.1, 0.15) is 9.79 Å². The summed E-state index contributed by atoms with van der Waals surface area (Å²) in [7, 11) is -4.57. The molecule has 2 heterocycles. The predicted molar refractivity (Wildman–Crippen MR) is 110 cm³/mol.